The van der Waals surface area contributed by atoms with Crippen LogP contribution in [-0.2, 0) is 17.5 Å². The summed E-state index contributed by atoms with van der Waals surface area (Å²) in [6.45, 7) is 0.857. The number of benzene rings is 4. The molecule has 5 aromatic rings. The van der Waals surface area contributed by atoms with Gasteiger partial charge in [-0.15, -0.1) is 0 Å². The number of anilines is 1. The molecule has 7 heteroatoms. The maximum atomic E-state index is 13.3. The molecule has 1 unspecified atom stereocenters. The summed E-state index contributed by atoms with van der Waals surface area (Å²) in [7, 11) is 0. The van der Waals surface area contributed by atoms with Gasteiger partial charge in [-0.2, -0.15) is 13.2 Å². The zero-order valence-electron chi connectivity index (χ0n) is 19.2. The summed E-state index contributed by atoms with van der Waals surface area (Å²) in [6, 6.07) is 27.3. The standard InChI is InChI=1S/C29H22F3N3O/c30-29(31,32)23-8-5-9-24(16-23)34-18-22(15-27(34)36)28-33-25-10-3-4-11-26(25)35(28)17-19-12-13-20-6-1-2-7-21(20)14-19/h1-14,16,22H,15,17-18H2. The Bertz CT molecular complexity index is 1600. The number of carbonyl (C=O) groups is 1. The second-order valence-electron chi connectivity index (χ2n) is 9.18. The van der Waals surface area contributed by atoms with E-state index in [1.807, 2.05) is 36.4 Å². The van der Waals surface area contributed by atoms with Crippen molar-refractivity contribution in [3.05, 3.63) is 108 Å². The molecule has 1 atom stereocenters. The molecule has 0 bridgehead atoms. The van der Waals surface area contributed by atoms with E-state index in [2.05, 4.69) is 34.9 Å². The molecule has 6 rings (SSSR count). The van der Waals surface area contributed by atoms with Crippen molar-refractivity contribution in [3.8, 4) is 0 Å². The molecule has 1 amide bonds. The Kier molecular flexibility index (Phi) is 5.29. The number of carbonyl (C=O) groups excluding carboxylic acids is 1. The molecule has 1 aromatic heterocycles. The maximum absolute atomic E-state index is 13.3. The summed E-state index contributed by atoms with van der Waals surface area (Å²) in [4.78, 5) is 19.3. The van der Waals surface area contributed by atoms with Crippen molar-refractivity contribution in [2.75, 3.05) is 11.4 Å². The van der Waals surface area contributed by atoms with E-state index in [0.717, 1.165) is 45.3 Å². The van der Waals surface area contributed by atoms with Crippen LogP contribution in [0.1, 0.15) is 29.3 Å². The van der Waals surface area contributed by atoms with Crippen LogP contribution in [0.2, 0.25) is 0 Å². The highest BCUT2D eigenvalue weighted by Gasteiger charge is 2.36. The summed E-state index contributed by atoms with van der Waals surface area (Å²) in [5.74, 6) is 0.329. The van der Waals surface area contributed by atoms with Crippen LogP contribution in [0, 0.1) is 0 Å². The number of fused-ring (bicyclic) bond motifs is 2. The number of amides is 1. The number of para-hydroxylation sites is 2. The van der Waals surface area contributed by atoms with Crippen LogP contribution in [-0.4, -0.2) is 22.0 Å². The van der Waals surface area contributed by atoms with Gasteiger partial charge >= 0.3 is 6.18 Å². The Morgan fingerprint density at radius 2 is 1.64 bits per heavy atom. The van der Waals surface area contributed by atoms with Gasteiger partial charge in [0.05, 0.1) is 16.6 Å². The molecule has 0 radical (unpaired) electrons. The molecule has 4 nitrogen and oxygen atoms in total. The summed E-state index contributed by atoms with van der Waals surface area (Å²) in [6.07, 6.45) is -4.27. The zero-order valence-corrected chi connectivity index (χ0v) is 19.2. The summed E-state index contributed by atoms with van der Waals surface area (Å²) in [5.41, 5.74) is 2.40. The molecular weight excluding hydrogens is 463 g/mol. The molecule has 1 saturated heterocycles. The van der Waals surface area contributed by atoms with Crippen molar-refractivity contribution in [2.24, 2.45) is 0 Å². The van der Waals surface area contributed by atoms with Crippen molar-refractivity contribution in [2.45, 2.75) is 25.1 Å². The van der Waals surface area contributed by atoms with Gasteiger partial charge in [0.2, 0.25) is 5.91 Å². The van der Waals surface area contributed by atoms with E-state index in [1.165, 1.54) is 11.0 Å². The van der Waals surface area contributed by atoms with E-state index in [0.29, 0.717) is 6.54 Å². The number of hydrogen-bond acceptors (Lipinski definition) is 2. The second-order valence-corrected chi connectivity index (χ2v) is 9.18. The minimum Gasteiger partial charge on any atom is -0.323 e. The van der Waals surface area contributed by atoms with Gasteiger partial charge in [0.1, 0.15) is 5.82 Å². The Hall–Kier alpha value is -4.13. The van der Waals surface area contributed by atoms with E-state index in [-0.39, 0.29) is 30.5 Å². The second kappa shape index (κ2) is 8.52. The first-order valence-corrected chi connectivity index (χ1v) is 11.8. The fraction of sp³-hybridized carbons (Fsp3) is 0.172. The predicted molar refractivity (Wildman–Crippen MR) is 134 cm³/mol. The lowest BCUT2D eigenvalue weighted by atomic mass is 10.1. The number of alkyl halides is 3. The van der Waals surface area contributed by atoms with E-state index in [4.69, 9.17) is 4.98 Å². The molecule has 2 heterocycles. The lowest BCUT2D eigenvalue weighted by molar-refractivity contribution is -0.137. The highest BCUT2D eigenvalue weighted by molar-refractivity contribution is 5.96. The largest absolute Gasteiger partial charge is 0.416 e. The number of aromatic nitrogens is 2. The molecule has 1 aliphatic heterocycles. The quantitative estimate of drug-likeness (QED) is 0.282. The predicted octanol–water partition coefficient (Wildman–Crippen LogP) is 6.78. The van der Waals surface area contributed by atoms with Crippen LogP contribution >= 0.6 is 0 Å². The van der Waals surface area contributed by atoms with Crippen molar-refractivity contribution in [1.82, 2.24) is 9.55 Å². The number of hydrogen-bond donors (Lipinski definition) is 0. The molecule has 4 aromatic carbocycles. The van der Waals surface area contributed by atoms with Crippen molar-refractivity contribution >= 4 is 33.4 Å². The highest BCUT2D eigenvalue weighted by atomic mass is 19.4. The molecule has 0 aliphatic carbocycles. The number of rotatable bonds is 4. The smallest absolute Gasteiger partial charge is 0.323 e. The molecular formula is C29H22F3N3O. The van der Waals surface area contributed by atoms with E-state index < -0.39 is 11.7 Å². The first kappa shape index (κ1) is 22.3. The first-order valence-electron chi connectivity index (χ1n) is 11.8. The van der Waals surface area contributed by atoms with Gasteiger partial charge in [-0.3, -0.25) is 4.79 Å². The van der Waals surface area contributed by atoms with Gasteiger partial charge in [-0.1, -0.05) is 54.6 Å². The molecule has 1 aliphatic rings. The Morgan fingerprint density at radius 3 is 2.47 bits per heavy atom. The van der Waals surface area contributed by atoms with E-state index in [9.17, 15) is 18.0 Å². The van der Waals surface area contributed by atoms with Gasteiger partial charge in [-0.25, -0.2) is 4.98 Å². The highest BCUT2D eigenvalue weighted by Crippen LogP contribution is 2.36. The maximum Gasteiger partial charge on any atom is 0.416 e. The van der Waals surface area contributed by atoms with Crippen LogP contribution in [0.3, 0.4) is 0 Å². The van der Waals surface area contributed by atoms with Gasteiger partial charge in [0, 0.05) is 31.1 Å². The lowest BCUT2D eigenvalue weighted by Gasteiger charge is -2.19. The Balaban J connectivity index is 1.36. The van der Waals surface area contributed by atoms with Crippen LogP contribution in [0.5, 0.6) is 0 Å². The zero-order chi connectivity index (χ0) is 24.9. The number of imidazole rings is 1. The van der Waals surface area contributed by atoms with Crippen molar-refractivity contribution < 1.29 is 18.0 Å². The van der Waals surface area contributed by atoms with Gasteiger partial charge < -0.3 is 9.47 Å². The fourth-order valence-corrected chi connectivity index (χ4v) is 5.07. The summed E-state index contributed by atoms with van der Waals surface area (Å²) < 4.78 is 41.9. The average Bonchev–Trinajstić information content (AvgIpc) is 3.44. The Morgan fingerprint density at radius 1 is 0.861 bits per heavy atom. The van der Waals surface area contributed by atoms with Crippen molar-refractivity contribution in [1.29, 1.82) is 0 Å². The monoisotopic (exact) mass is 485 g/mol. The fourth-order valence-electron chi connectivity index (χ4n) is 5.07. The number of nitrogens with zero attached hydrogens (tertiary/aromatic N) is 3. The third-order valence-electron chi connectivity index (χ3n) is 6.81. The molecule has 1 fully saturated rings. The minimum absolute atomic E-state index is 0.192. The molecule has 180 valence electrons. The average molecular weight is 486 g/mol. The summed E-state index contributed by atoms with van der Waals surface area (Å²) >= 11 is 0. The Labute approximate surface area is 205 Å². The first-order chi connectivity index (χ1) is 17.4. The molecule has 0 spiro atoms. The third-order valence-corrected chi connectivity index (χ3v) is 6.81. The van der Waals surface area contributed by atoms with E-state index >= 15 is 0 Å². The SMILES string of the molecule is O=C1CC(c2nc3ccccc3n2Cc2ccc3ccccc3c2)CN1c1cccc(C(F)(F)F)c1. The van der Waals surface area contributed by atoms with Crippen LogP contribution < -0.4 is 4.90 Å². The van der Waals surface area contributed by atoms with Gasteiger partial charge in [-0.05, 0) is 52.7 Å². The molecule has 0 N–H and O–H groups in total. The third kappa shape index (κ3) is 4.00. The topological polar surface area (TPSA) is 38.1 Å². The lowest BCUT2D eigenvalue weighted by Crippen LogP contribution is -2.25. The van der Waals surface area contributed by atoms with Gasteiger partial charge in [0.25, 0.3) is 0 Å². The van der Waals surface area contributed by atoms with Gasteiger partial charge in [0.15, 0.2) is 0 Å². The van der Waals surface area contributed by atoms with Crippen LogP contribution in [0.15, 0.2) is 91.0 Å². The normalized spacial score (nSPS) is 16.4. The minimum atomic E-state index is -4.47. The molecule has 0 saturated carbocycles. The van der Waals surface area contributed by atoms with Crippen LogP contribution in [0.4, 0.5) is 18.9 Å². The van der Waals surface area contributed by atoms with Crippen LogP contribution in [0.25, 0.3) is 21.8 Å². The van der Waals surface area contributed by atoms with E-state index in [1.54, 1.807) is 6.07 Å². The summed E-state index contributed by atoms with van der Waals surface area (Å²) in [5, 5.41) is 2.31. The van der Waals surface area contributed by atoms with Crippen molar-refractivity contribution in [3.63, 3.8) is 0 Å². The number of halogens is 3. The molecule has 36 heavy (non-hydrogen) atoms.